The highest BCUT2D eigenvalue weighted by atomic mass is 32.2. The van der Waals surface area contributed by atoms with E-state index < -0.39 is 10.2 Å². The van der Waals surface area contributed by atoms with Crippen molar-refractivity contribution in [1.82, 2.24) is 13.9 Å². The van der Waals surface area contributed by atoms with E-state index in [-0.39, 0.29) is 18.4 Å². The van der Waals surface area contributed by atoms with Crippen LogP contribution < -0.4 is 4.72 Å². The molecule has 124 valence electrons. The lowest BCUT2D eigenvalue weighted by atomic mass is 10.1. The van der Waals surface area contributed by atoms with Crippen molar-refractivity contribution in [2.24, 2.45) is 0 Å². The summed E-state index contributed by atoms with van der Waals surface area (Å²) in [7, 11) is 0.237. The smallest absolute Gasteiger partial charge is 0.279 e. The molecule has 1 saturated heterocycles. The molecule has 5 nitrogen and oxygen atoms in total. The van der Waals surface area contributed by atoms with E-state index in [1.165, 1.54) is 16.4 Å². The predicted molar refractivity (Wildman–Crippen MR) is 85.2 cm³/mol. The van der Waals surface area contributed by atoms with Gasteiger partial charge in [0.2, 0.25) is 0 Å². The number of likely N-dealkylation sites (N-methyl/N-ethyl adjacent to an activating group) is 1. The maximum absolute atomic E-state index is 13.4. The number of hydrogen-bond acceptors (Lipinski definition) is 3. The first-order valence-electron chi connectivity index (χ1n) is 7.57. The second kappa shape index (κ2) is 7.50. The summed E-state index contributed by atoms with van der Waals surface area (Å²) in [6, 6.07) is 6.06. The summed E-state index contributed by atoms with van der Waals surface area (Å²) in [6.07, 6.45) is 2.89. The van der Waals surface area contributed by atoms with E-state index in [2.05, 4.69) is 4.72 Å². The normalized spacial score (nSPS) is 18.5. The average molecular weight is 329 g/mol. The minimum atomic E-state index is -3.47. The third kappa shape index (κ3) is 4.49. The van der Waals surface area contributed by atoms with E-state index in [0.29, 0.717) is 13.1 Å². The van der Waals surface area contributed by atoms with Crippen LogP contribution in [0, 0.1) is 5.82 Å². The monoisotopic (exact) mass is 329 g/mol. The Morgan fingerprint density at radius 2 is 1.95 bits per heavy atom. The number of nitrogens with zero attached hydrogens (tertiary/aromatic N) is 2. The molecule has 1 aromatic rings. The molecular weight excluding hydrogens is 305 g/mol. The molecule has 1 unspecified atom stereocenters. The van der Waals surface area contributed by atoms with Gasteiger partial charge in [0.05, 0.1) is 0 Å². The highest BCUT2D eigenvalue weighted by Gasteiger charge is 2.25. The molecule has 7 heteroatoms. The Morgan fingerprint density at radius 3 is 2.55 bits per heavy atom. The molecule has 1 fully saturated rings. The summed E-state index contributed by atoms with van der Waals surface area (Å²) in [6.45, 7) is 1.36. The minimum absolute atomic E-state index is 0.213. The molecular formula is C15H24FN3O2S. The Hall–Kier alpha value is -1.02. The van der Waals surface area contributed by atoms with Crippen molar-refractivity contribution in [3.63, 3.8) is 0 Å². The van der Waals surface area contributed by atoms with E-state index in [4.69, 9.17) is 0 Å². The van der Waals surface area contributed by atoms with Crippen molar-refractivity contribution < 1.29 is 12.8 Å². The van der Waals surface area contributed by atoms with Crippen LogP contribution in [-0.2, 0) is 10.2 Å². The summed E-state index contributed by atoms with van der Waals surface area (Å²) in [5.74, 6) is -0.316. The summed E-state index contributed by atoms with van der Waals surface area (Å²) in [5.41, 5.74) is 0.756. The van der Waals surface area contributed by atoms with Gasteiger partial charge < -0.3 is 4.90 Å². The van der Waals surface area contributed by atoms with E-state index >= 15 is 0 Å². The summed E-state index contributed by atoms with van der Waals surface area (Å²) in [4.78, 5) is 1.88. The molecule has 1 aromatic carbocycles. The van der Waals surface area contributed by atoms with Crippen molar-refractivity contribution in [2.75, 3.05) is 33.7 Å². The second-order valence-corrected chi connectivity index (χ2v) is 7.60. The number of halogens is 1. The zero-order chi connectivity index (χ0) is 16.2. The van der Waals surface area contributed by atoms with Crippen LogP contribution in [0.2, 0.25) is 0 Å². The molecule has 1 aliphatic rings. The maximum Gasteiger partial charge on any atom is 0.279 e. The number of hydrogen-bond donors (Lipinski definition) is 1. The van der Waals surface area contributed by atoms with Gasteiger partial charge >= 0.3 is 0 Å². The Balaban J connectivity index is 2.05. The zero-order valence-electron chi connectivity index (χ0n) is 13.1. The van der Waals surface area contributed by atoms with Gasteiger partial charge in [-0.2, -0.15) is 12.7 Å². The van der Waals surface area contributed by atoms with Gasteiger partial charge in [0.1, 0.15) is 5.82 Å². The molecule has 0 saturated carbocycles. The van der Waals surface area contributed by atoms with E-state index in [0.717, 1.165) is 24.8 Å². The summed E-state index contributed by atoms with van der Waals surface area (Å²) < 4.78 is 42.2. The number of benzene rings is 1. The molecule has 1 aliphatic heterocycles. The van der Waals surface area contributed by atoms with Crippen LogP contribution >= 0.6 is 0 Å². The molecule has 0 aliphatic carbocycles. The first-order valence-corrected chi connectivity index (χ1v) is 9.01. The first kappa shape index (κ1) is 17.3. The summed E-state index contributed by atoms with van der Waals surface area (Å²) >= 11 is 0. The van der Waals surface area contributed by atoms with Crippen molar-refractivity contribution >= 4 is 10.2 Å². The maximum atomic E-state index is 13.4. The topological polar surface area (TPSA) is 52.7 Å². The van der Waals surface area contributed by atoms with Gasteiger partial charge in [0.25, 0.3) is 10.2 Å². The number of rotatable bonds is 6. The molecule has 1 heterocycles. The quantitative estimate of drug-likeness (QED) is 0.865. The lowest BCUT2D eigenvalue weighted by Gasteiger charge is -2.29. The van der Waals surface area contributed by atoms with Gasteiger partial charge in [-0.05, 0) is 44.6 Å². The third-order valence-corrected chi connectivity index (χ3v) is 5.55. The molecule has 0 radical (unpaired) electrons. The highest BCUT2D eigenvalue weighted by Crippen LogP contribution is 2.19. The lowest BCUT2D eigenvalue weighted by Crippen LogP contribution is -2.45. The Bertz CT molecular complexity index is 586. The molecule has 0 amide bonds. The standard InChI is InChI=1S/C15H24FN3O2S/c1-18(2)15(13-7-6-8-14(16)11-13)12-17-22(20,21)19-9-4-3-5-10-19/h6-8,11,15,17H,3-5,9-10,12H2,1-2H3. The molecule has 2 rings (SSSR count). The van der Waals surface area contributed by atoms with Gasteiger partial charge in [0.15, 0.2) is 0 Å². The van der Waals surface area contributed by atoms with Crippen LogP contribution in [0.4, 0.5) is 4.39 Å². The average Bonchev–Trinajstić information content (AvgIpc) is 2.48. The Kier molecular flexibility index (Phi) is 5.91. The largest absolute Gasteiger partial charge is 0.301 e. The fraction of sp³-hybridized carbons (Fsp3) is 0.600. The van der Waals surface area contributed by atoms with Crippen molar-refractivity contribution in [3.8, 4) is 0 Å². The van der Waals surface area contributed by atoms with E-state index in [9.17, 15) is 12.8 Å². The highest BCUT2D eigenvalue weighted by molar-refractivity contribution is 7.87. The molecule has 0 spiro atoms. The van der Waals surface area contributed by atoms with Crippen LogP contribution in [0.3, 0.4) is 0 Å². The number of nitrogens with one attached hydrogen (secondary N) is 1. The fourth-order valence-corrected chi connectivity index (χ4v) is 3.98. The van der Waals surface area contributed by atoms with Crippen LogP contribution in [0.5, 0.6) is 0 Å². The van der Waals surface area contributed by atoms with Crippen molar-refractivity contribution in [3.05, 3.63) is 35.6 Å². The fourth-order valence-electron chi connectivity index (χ4n) is 2.69. The Labute approximate surface area is 132 Å². The SMILES string of the molecule is CN(C)C(CNS(=O)(=O)N1CCCCC1)c1cccc(F)c1. The lowest BCUT2D eigenvalue weighted by molar-refractivity contribution is 0.292. The van der Waals surface area contributed by atoms with Crippen LogP contribution in [0.1, 0.15) is 30.9 Å². The summed E-state index contributed by atoms with van der Waals surface area (Å²) in [5, 5.41) is 0. The predicted octanol–water partition coefficient (Wildman–Crippen LogP) is 1.75. The minimum Gasteiger partial charge on any atom is -0.301 e. The van der Waals surface area contributed by atoms with E-state index in [1.807, 2.05) is 25.1 Å². The zero-order valence-corrected chi connectivity index (χ0v) is 13.9. The van der Waals surface area contributed by atoms with Gasteiger partial charge in [-0.3, -0.25) is 0 Å². The van der Waals surface area contributed by atoms with Crippen LogP contribution in [0.15, 0.2) is 24.3 Å². The van der Waals surface area contributed by atoms with Gasteiger partial charge in [-0.1, -0.05) is 18.6 Å². The Morgan fingerprint density at radius 1 is 1.27 bits per heavy atom. The molecule has 0 aromatic heterocycles. The van der Waals surface area contributed by atoms with Crippen LogP contribution in [0.25, 0.3) is 0 Å². The van der Waals surface area contributed by atoms with Crippen LogP contribution in [-0.4, -0.2) is 51.4 Å². The third-order valence-electron chi connectivity index (χ3n) is 3.97. The number of piperidine rings is 1. The molecule has 22 heavy (non-hydrogen) atoms. The van der Waals surface area contributed by atoms with Gasteiger partial charge in [0, 0.05) is 25.7 Å². The van der Waals surface area contributed by atoms with E-state index in [1.54, 1.807) is 6.07 Å². The molecule has 1 N–H and O–H groups in total. The van der Waals surface area contributed by atoms with Crippen molar-refractivity contribution in [2.45, 2.75) is 25.3 Å². The van der Waals surface area contributed by atoms with Crippen molar-refractivity contribution in [1.29, 1.82) is 0 Å². The first-order chi connectivity index (χ1) is 10.4. The van der Waals surface area contributed by atoms with Gasteiger partial charge in [-0.15, -0.1) is 0 Å². The molecule has 0 bridgehead atoms. The van der Waals surface area contributed by atoms with Gasteiger partial charge in [-0.25, -0.2) is 9.11 Å². The molecule has 1 atom stereocenters. The second-order valence-electron chi connectivity index (χ2n) is 5.85.